The van der Waals surface area contributed by atoms with Crippen molar-refractivity contribution in [2.75, 3.05) is 12.4 Å². The molecule has 3 N–H and O–H groups in total. The van der Waals surface area contributed by atoms with Crippen molar-refractivity contribution >= 4 is 17.6 Å². The van der Waals surface area contributed by atoms with Crippen LogP contribution in [0.3, 0.4) is 0 Å². The van der Waals surface area contributed by atoms with Crippen LogP contribution in [0.4, 0.5) is 0 Å². The summed E-state index contributed by atoms with van der Waals surface area (Å²) >= 11 is 1.58. The van der Waals surface area contributed by atoms with Crippen molar-refractivity contribution in [3.63, 3.8) is 0 Å². The van der Waals surface area contributed by atoms with Crippen molar-refractivity contribution in [1.82, 2.24) is 9.97 Å². The van der Waals surface area contributed by atoms with Gasteiger partial charge in [-0.15, -0.1) is 11.8 Å². The summed E-state index contributed by atoms with van der Waals surface area (Å²) in [5.74, 6) is 1.59. The molecule has 0 aliphatic rings. The number of aromatic nitrogens is 2. The number of nitrogens with two attached hydrogens (primary N) is 1. The Morgan fingerprint density at radius 3 is 2.75 bits per heavy atom. The molecule has 0 aliphatic carbocycles. The van der Waals surface area contributed by atoms with Gasteiger partial charge in [0.15, 0.2) is 5.84 Å². The van der Waals surface area contributed by atoms with Gasteiger partial charge in [-0.25, -0.2) is 4.98 Å². The summed E-state index contributed by atoms with van der Waals surface area (Å²) in [5.41, 5.74) is 6.12. The van der Waals surface area contributed by atoms with E-state index in [0.717, 1.165) is 16.5 Å². The van der Waals surface area contributed by atoms with Gasteiger partial charge in [0, 0.05) is 23.7 Å². The SMILES string of the molecule is NC(=NO)c1ccc(OCCSc2cnccn2)cc1. The molecule has 7 heteroatoms. The third kappa shape index (κ3) is 4.13. The van der Waals surface area contributed by atoms with Crippen LogP contribution in [0.25, 0.3) is 0 Å². The molecule has 1 aromatic heterocycles. The van der Waals surface area contributed by atoms with Gasteiger partial charge in [-0.1, -0.05) is 5.16 Å². The number of benzene rings is 1. The second-order valence-electron chi connectivity index (χ2n) is 3.75. The minimum absolute atomic E-state index is 0.0785. The second-order valence-corrected chi connectivity index (χ2v) is 4.87. The molecule has 0 atom stereocenters. The molecule has 1 heterocycles. The standard InChI is InChI=1S/C13H14N4O2S/c14-13(17-18)10-1-3-11(4-2-10)19-7-8-20-12-9-15-5-6-16-12/h1-6,9,18H,7-8H2,(H2,14,17). The quantitative estimate of drug-likeness (QED) is 0.210. The molecule has 0 unspecified atom stereocenters. The van der Waals surface area contributed by atoms with Gasteiger partial charge in [0.05, 0.1) is 12.8 Å². The molecule has 104 valence electrons. The van der Waals surface area contributed by atoms with E-state index in [-0.39, 0.29) is 5.84 Å². The molecule has 0 amide bonds. The van der Waals surface area contributed by atoms with Gasteiger partial charge in [0.25, 0.3) is 0 Å². The van der Waals surface area contributed by atoms with E-state index in [2.05, 4.69) is 15.1 Å². The Bertz CT molecular complexity index is 560. The molecule has 2 rings (SSSR count). The third-order valence-corrected chi connectivity index (χ3v) is 3.28. The average molecular weight is 290 g/mol. The fraction of sp³-hybridized carbons (Fsp3) is 0.154. The largest absolute Gasteiger partial charge is 0.493 e. The first-order chi connectivity index (χ1) is 9.79. The molecule has 20 heavy (non-hydrogen) atoms. The van der Waals surface area contributed by atoms with Crippen molar-refractivity contribution in [1.29, 1.82) is 0 Å². The summed E-state index contributed by atoms with van der Waals surface area (Å²) < 4.78 is 5.58. The van der Waals surface area contributed by atoms with Crippen LogP contribution in [0.15, 0.2) is 53.0 Å². The number of hydrogen-bond donors (Lipinski definition) is 2. The monoisotopic (exact) mass is 290 g/mol. The number of oxime groups is 1. The molecule has 6 nitrogen and oxygen atoms in total. The lowest BCUT2D eigenvalue weighted by molar-refractivity contribution is 0.318. The Labute approximate surface area is 120 Å². The van der Waals surface area contributed by atoms with Crippen LogP contribution in [0.5, 0.6) is 5.75 Å². The Balaban J connectivity index is 1.77. The van der Waals surface area contributed by atoms with E-state index >= 15 is 0 Å². The number of ether oxygens (including phenoxy) is 1. The topological polar surface area (TPSA) is 93.6 Å². The Kier molecular flexibility index (Phi) is 5.19. The van der Waals surface area contributed by atoms with Crippen molar-refractivity contribution in [3.05, 3.63) is 48.4 Å². The maximum Gasteiger partial charge on any atom is 0.170 e. The van der Waals surface area contributed by atoms with Crippen LogP contribution in [0.1, 0.15) is 5.56 Å². The van der Waals surface area contributed by atoms with E-state index in [4.69, 9.17) is 15.7 Å². The summed E-state index contributed by atoms with van der Waals surface area (Å²) in [4.78, 5) is 8.15. The van der Waals surface area contributed by atoms with Crippen molar-refractivity contribution < 1.29 is 9.94 Å². The zero-order valence-electron chi connectivity index (χ0n) is 10.6. The normalized spacial score (nSPS) is 11.3. The van der Waals surface area contributed by atoms with Crippen molar-refractivity contribution in [3.8, 4) is 5.75 Å². The van der Waals surface area contributed by atoms with E-state index in [1.165, 1.54) is 0 Å². The van der Waals surface area contributed by atoms with E-state index in [1.807, 2.05) is 0 Å². The third-order valence-electron chi connectivity index (χ3n) is 2.40. The maximum absolute atomic E-state index is 8.56. The molecule has 0 saturated carbocycles. The summed E-state index contributed by atoms with van der Waals surface area (Å²) in [5, 5.41) is 12.4. The molecule has 0 bridgehead atoms. The van der Waals surface area contributed by atoms with Gasteiger partial charge in [-0.3, -0.25) is 4.98 Å². The Morgan fingerprint density at radius 2 is 2.10 bits per heavy atom. The second kappa shape index (κ2) is 7.34. The van der Waals surface area contributed by atoms with E-state index < -0.39 is 0 Å². The summed E-state index contributed by atoms with van der Waals surface area (Å²) in [6, 6.07) is 7.03. The highest BCUT2D eigenvalue weighted by Crippen LogP contribution is 2.15. The summed E-state index contributed by atoms with van der Waals surface area (Å²) in [6.07, 6.45) is 5.02. The molecular weight excluding hydrogens is 276 g/mol. The molecule has 0 fully saturated rings. The van der Waals surface area contributed by atoms with E-state index in [9.17, 15) is 0 Å². The number of rotatable bonds is 6. The van der Waals surface area contributed by atoms with E-state index in [1.54, 1.807) is 54.6 Å². The molecule has 0 aliphatic heterocycles. The van der Waals surface area contributed by atoms with Gasteiger partial charge in [-0.05, 0) is 24.3 Å². The molecule has 1 aromatic carbocycles. The number of amidine groups is 1. The zero-order valence-corrected chi connectivity index (χ0v) is 11.5. The molecular formula is C13H14N4O2S. The average Bonchev–Trinajstić information content (AvgIpc) is 2.52. The zero-order chi connectivity index (χ0) is 14.2. The van der Waals surface area contributed by atoms with Gasteiger partial charge in [-0.2, -0.15) is 0 Å². The summed E-state index contributed by atoms with van der Waals surface area (Å²) in [6.45, 7) is 0.560. The maximum atomic E-state index is 8.56. The minimum atomic E-state index is 0.0785. The number of hydrogen-bond acceptors (Lipinski definition) is 6. The van der Waals surface area contributed by atoms with Crippen LogP contribution in [0.2, 0.25) is 0 Å². The predicted molar refractivity (Wildman–Crippen MR) is 77.2 cm³/mol. The number of thioether (sulfide) groups is 1. The fourth-order valence-electron chi connectivity index (χ4n) is 1.45. The first-order valence-electron chi connectivity index (χ1n) is 5.89. The van der Waals surface area contributed by atoms with Gasteiger partial charge in [0.2, 0.25) is 0 Å². The smallest absolute Gasteiger partial charge is 0.170 e. The minimum Gasteiger partial charge on any atom is -0.493 e. The van der Waals surface area contributed by atoms with Crippen LogP contribution in [-0.4, -0.2) is 33.4 Å². The number of nitrogens with zero attached hydrogens (tertiary/aromatic N) is 3. The van der Waals surface area contributed by atoms with Gasteiger partial charge >= 0.3 is 0 Å². The highest BCUT2D eigenvalue weighted by molar-refractivity contribution is 7.99. The van der Waals surface area contributed by atoms with Crippen LogP contribution >= 0.6 is 11.8 Å². The van der Waals surface area contributed by atoms with Crippen molar-refractivity contribution in [2.24, 2.45) is 10.9 Å². The molecule has 0 spiro atoms. The lowest BCUT2D eigenvalue weighted by Gasteiger charge is -2.06. The van der Waals surface area contributed by atoms with Crippen LogP contribution in [-0.2, 0) is 0 Å². The van der Waals surface area contributed by atoms with Gasteiger partial charge < -0.3 is 15.7 Å². The van der Waals surface area contributed by atoms with Crippen LogP contribution in [0, 0.1) is 0 Å². The molecule has 0 saturated heterocycles. The highest BCUT2D eigenvalue weighted by atomic mass is 32.2. The Hall–Kier alpha value is -2.28. The highest BCUT2D eigenvalue weighted by Gasteiger charge is 2.00. The van der Waals surface area contributed by atoms with E-state index in [0.29, 0.717) is 12.2 Å². The lowest BCUT2D eigenvalue weighted by atomic mass is 10.2. The van der Waals surface area contributed by atoms with Crippen LogP contribution < -0.4 is 10.5 Å². The van der Waals surface area contributed by atoms with Gasteiger partial charge in [0.1, 0.15) is 10.8 Å². The van der Waals surface area contributed by atoms with Crippen molar-refractivity contribution in [2.45, 2.75) is 5.03 Å². The Morgan fingerprint density at radius 1 is 1.30 bits per heavy atom. The lowest BCUT2D eigenvalue weighted by Crippen LogP contribution is -2.12. The molecule has 0 radical (unpaired) electrons. The first kappa shape index (κ1) is 14.1. The summed E-state index contributed by atoms with van der Waals surface area (Å²) in [7, 11) is 0. The first-order valence-corrected chi connectivity index (χ1v) is 6.88. The predicted octanol–water partition coefficient (Wildman–Crippen LogP) is 1.74. The molecule has 2 aromatic rings. The fourth-order valence-corrected chi connectivity index (χ4v) is 2.09.